The molecule has 6 heteroatoms. The van der Waals surface area contributed by atoms with E-state index in [0.29, 0.717) is 38.4 Å². The lowest BCUT2D eigenvalue weighted by molar-refractivity contribution is -0.165. The van der Waals surface area contributed by atoms with Crippen molar-refractivity contribution >= 4 is 5.97 Å². The van der Waals surface area contributed by atoms with E-state index in [1.54, 1.807) is 4.68 Å². The Morgan fingerprint density at radius 1 is 1.52 bits per heavy atom. The smallest absolute Gasteiger partial charge is 0.313 e. The van der Waals surface area contributed by atoms with Gasteiger partial charge in [-0.15, -0.1) is 0 Å². The van der Waals surface area contributed by atoms with Gasteiger partial charge in [-0.05, 0) is 32.1 Å². The number of aromatic nitrogens is 2. The van der Waals surface area contributed by atoms with Crippen LogP contribution in [0.2, 0.25) is 0 Å². The zero-order chi connectivity index (χ0) is 17.2. The highest BCUT2D eigenvalue weighted by molar-refractivity contribution is 5.76. The molecule has 2 N–H and O–H groups in total. The quantitative estimate of drug-likeness (QED) is 0.834. The molecule has 0 aromatic carbocycles. The van der Waals surface area contributed by atoms with Crippen molar-refractivity contribution in [2.45, 2.75) is 52.7 Å². The van der Waals surface area contributed by atoms with Gasteiger partial charge in [0.25, 0.3) is 0 Å². The summed E-state index contributed by atoms with van der Waals surface area (Å²) in [4.78, 5) is 14.1. The van der Waals surface area contributed by atoms with Gasteiger partial charge in [0.15, 0.2) is 0 Å². The number of piperidine rings is 1. The average molecular weight is 323 g/mol. The molecule has 23 heavy (non-hydrogen) atoms. The topological polar surface area (TPSA) is 78.6 Å². The monoisotopic (exact) mass is 323 g/mol. The fourth-order valence-electron chi connectivity index (χ4n) is 3.45. The van der Waals surface area contributed by atoms with Crippen molar-refractivity contribution in [3.63, 3.8) is 0 Å². The number of aliphatic hydroxyl groups excluding tert-OH is 1. The Bertz CT molecular complexity index is 555. The van der Waals surface area contributed by atoms with Crippen LogP contribution in [0.4, 0.5) is 0 Å². The highest BCUT2D eigenvalue weighted by Crippen LogP contribution is 2.37. The minimum Gasteiger partial charge on any atom is -0.481 e. The highest BCUT2D eigenvalue weighted by atomic mass is 16.4. The molecular weight excluding hydrogens is 294 g/mol. The predicted molar refractivity (Wildman–Crippen MR) is 88.0 cm³/mol. The molecule has 0 amide bonds. The molecular formula is C17H29N3O3. The molecule has 0 unspecified atom stereocenters. The molecule has 1 aliphatic rings. The number of likely N-dealkylation sites (tertiary alicyclic amines) is 1. The second kappa shape index (κ2) is 7.01. The Balaban J connectivity index is 2.15. The number of hydrogen-bond donors (Lipinski definition) is 2. The number of aliphatic carboxylic acids is 1. The van der Waals surface area contributed by atoms with Crippen LogP contribution in [0.3, 0.4) is 0 Å². The standard InChI is InChI=1S/C17H29N3O3/c1-12(2)5-7-17(16(22)23)11-20(8-6-15(17)21)10-14-9-19(4)18-13(14)3/h9,12,15,21H,5-8,10-11H2,1-4H3,(H,22,23)/t15-,17-/m1/s1. The number of rotatable bonds is 6. The second-order valence-electron chi connectivity index (χ2n) is 7.32. The molecule has 0 saturated carbocycles. The van der Waals surface area contributed by atoms with Crippen LogP contribution in [0.15, 0.2) is 6.20 Å². The van der Waals surface area contributed by atoms with E-state index in [1.807, 2.05) is 20.2 Å². The summed E-state index contributed by atoms with van der Waals surface area (Å²) in [5.74, 6) is -0.451. The number of hydrogen-bond acceptors (Lipinski definition) is 4. The fourth-order valence-corrected chi connectivity index (χ4v) is 3.45. The molecule has 2 heterocycles. The van der Waals surface area contributed by atoms with Crippen LogP contribution in [0.25, 0.3) is 0 Å². The molecule has 0 aliphatic carbocycles. The molecule has 1 saturated heterocycles. The Labute approximate surface area is 138 Å². The van der Waals surface area contributed by atoms with E-state index in [9.17, 15) is 15.0 Å². The van der Waals surface area contributed by atoms with E-state index in [-0.39, 0.29) is 0 Å². The van der Waals surface area contributed by atoms with Gasteiger partial charge in [0.05, 0.1) is 11.8 Å². The first-order chi connectivity index (χ1) is 10.7. The zero-order valence-corrected chi connectivity index (χ0v) is 14.6. The lowest BCUT2D eigenvalue weighted by Crippen LogP contribution is -2.55. The van der Waals surface area contributed by atoms with Crippen molar-refractivity contribution < 1.29 is 15.0 Å². The summed E-state index contributed by atoms with van der Waals surface area (Å²) in [5.41, 5.74) is 1.03. The Hall–Kier alpha value is -1.40. The first-order valence-corrected chi connectivity index (χ1v) is 8.37. The normalized spacial score (nSPS) is 25.9. The van der Waals surface area contributed by atoms with Crippen molar-refractivity contribution in [2.24, 2.45) is 18.4 Å². The fraction of sp³-hybridized carbons (Fsp3) is 0.765. The molecule has 1 aliphatic heterocycles. The third kappa shape index (κ3) is 3.93. The van der Waals surface area contributed by atoms with E-state index in [0.717, 1.165) is 17.7 Å². The van der Waals surface area contributed by atoms with Gasteiger partial charge in [0, 0.05) is 38.4 Å². The summed E-state index contributed by atoms with van der Waals surface area (Å²) >= 11 is 0. The van der Waals surface area contributed by atoms with E-state index in [2.05, 4.69) is 23.8 Å². The third-order valence-corrected chi connectivity index (χ3v) is 4.97. The minimum atomic E-state index is -1.06. The lowest BCUT2D eigenvalue weighted by atomic mass is 9.72. The van der Waals surface area contributed by atoms with Gasteiger partial charge in [0.2, 0.25) is 0 Å². The van der Waals surface area contributed by atoms with Crippen LogP contribution in [0, 0.1) is 18.3 Å². The van der Waals surface area contributed by atoms with E-state index >= 15 is 0 Å². The van der Waals surface area contributed by atoms with E-state index in [4.69, 9.17) is 0 Å². The third-order valence-electron chi connectivity index (χ3n) is 4.97. The Kier molecular flexibility index (Phi) is 5.47. The largest absolute Gasteiger partial charge is 0.481 e. The average Bonchev–Trinajstić information content (AvgIpc) is 2.77. The second-order valence-corrected chi connectivity index (χ2v) is 7.32. The molecule has 1 fully saturated rings. The summed E-state index contributed by atoms with van der Waals surface area (Å²) in [6.07, 6.45) is 3.04. The molecule has 0 bridgehead atoms. The lowest BCUT2D eigenvalue weighted by Gasteiger charge is -2.43. The number of aryl methyl sites for hydroxylation is 2. The predicted octanol–water partition coefficient (Wildman–Crippen LogP) is 1.80. The number of carboxylic acids is 1. The molecule has 130 valence electrons. The van der Waals surface area contributed by atoms with Crippen LogP contribution in [0.1, 0.15) is 44.4 Å². The van der Waals surface area contributed by atoms with Crippen molar-refractivity contribution in [3.05, 3.63) is 17.5 Å². The van der Waals surface area contributed by atoms with Gasteiger partial charge < -0.3 is 10.2 Å². The maximum atomic E-state index is 12.0. The molecule has 0 radical (unpaired) electrons. The molecule has 1 aromatic heterocycles. The number of nitrogens with zero attached hydrogens (tertiary/aromatic N) is 3. The maximum Gasteiger partial charge on any atom is 0.313 e. The molecule has 6 nitrogen and oxygen atoms in total. The number of carboxylic acid groups (broad SMARTS) is 1. The van der Waals surface area contributed by atoms with Crippen LogP contribution in [-0.2, 0) is 18.4 Å². The highest BCUT2D eigenvalue weighted by Gasteiger charge is 2.48. The van der Waals surface area contributed by atoms with Crippen LogP contribution in [-0.4, -0.2) is 50.1 Å². The van der Waals surface area contributed by atoms with Crippen molar-refractivity contribution in [2.75, 3.05) is 13.1 Å². The summed E-state index contributed by atoms with van der Waals surface area (Å²) in [7, 11) is 1.89. The van der Waals surface area contributed by atoms with Crippen LogP contribution >= 0.6 is 0 Å². The van der Waals surface area contributed by atoms with E-state index < -0.39 is 17.5 Å². The molecule has 2 atom stereocenters. The Morgan fingerprint density at radius 2 is 2.22 bits per heavy atom. The molecule has 0 spiro atoms. The summed E-state index contributed by atoms with van der Waals surface area (Å²) in [6.45, 7) is 7.93. The summed E-state index contributed by atoms with van der Waals surface area (Å²) in [5, 5.41) is 24.6. The van der Waals surface area contributed by atoms with E-state index in [1.165, 1.54) is 0 Å². The number of carbonyl (C=O) groups is 1. The van der Waals surface area contributed by atoms with Gasteiger partial charge in [-0.3, -0.25) is 14.4 Å². The first-order valence-electron chi connectivity index (χ1n) is 8.37. The summed E-state index contributed by atoms with van der Waals surface area (Å²) in [6, 6.07) is 0. The SMILES string of the molecule is Cc1nn(C)cc1CN1CC[C@@H](O)[C@](CCC(C)C)(C(=O)O)C1. The van der Waals surface area contributed by atoms with Gasteiger partial charge in [-0.25, -0.2) is 0 Å². The zero-order valence-electron chi connectivity index (χ0n) is 14.6. The summed E-state index contributed by atoms with van der Waals surface area (Å²) < 4.78 is 1.78. The van der Waals surface area contributed by atoms with Crippen molar-refractivity contribution in [3.8, 4) is 0 Å². The van der Waals surface area contributed by atoms with Gasteiger partial charge in [-0.1, -0.05) is 13.8 Å². The van der Waals surface area contributed by atoms with Crippen LogP contribution in [0.5, 0.6) is 0 Å². The first kappa shape index (κ1) is 17.9. The number of aliphatic hydroxyl groups is 1. The minimum absolute atomic E-state index is 0.393. The van der Waals surface area contributed by atoms with Gasteiger partial charge >= 0.3 is 5.97 Å². The van der Waals surface area contributed by atoms with Crippen molar-refractivity contribution in [1.82, 2.24) is 14.7 Å². The maximum absolute atomic E-state index is 12.0. The molecule has 2 rings (SSSR count). The molecule has 1 aromatic rings. The van der Waals surface area contributed by atoms with Crippen molar-refractivity contribution in [1.29, 1.82) is 0 Å². The van der Waals surface area contributed by atoms with Gasteiger partial charge in [0.1, 0.15) is 5.41 Å². The Morgan fingerprint density at radius 3 is 2.74 bits per heavy atom. The van der Waals surface area contributed by atoms with Crippen LogP contribution < -0.4 is 0 Å². The van der Waals surface area contributed by atoms with Gasteiger partial charge in [-0.2, -0.15) is 5.10 Å².